The molecule has 3 rings (SSSR count). The molecule has 0 amide bonds. The molecule has 0 saturated carbocycles. The van der Waals surface area contributed by atoms with E-state index in [2.05, 4.69) is 19.8 Å². The molecule has 2 fully saturated rings. The Bertz CT molecular complexity index is 417. The SMILES string of the molecule is Clc1cc(N2CCN(C[C@H]3CCCO3)CC2)ncn1. The molecule has 2 aliphatic heterocycles. The molecule has 2 saturated heterocycles. The van der Waals surface area contributed by atoms with Gasteiger partial charge in [0, 0.05) is 45.4 Å². The van der Waals surface area contributed by atoms with Crippen LogP contribution in [-0.4, -0.2) is 60.3 Å². The van der Waals surface area contributed by atoms with Crippen LogP contribution in [0.5, 0.6) is 0 Å². The first-order valence-corrected chi connectivity index (χ1v) is 7.25. The largest absolute Gasteiger partial charge is 0.377 e. The molecule has 1 aromatic heterocycles. The minimum absolute atomic E-state index is 0.444. The Labute approximate surface area is 118 Å². The van der Waals surface area contributed by atoms with E-state index in [4.69, 9.17) is 16.3 Å². The number of halogens is 1. The summed E-state index contributed by atoms with van der Waals surface area (Å²) in [4.78, 5) is 12.9. The Balaban J connectivity index is 1.51. The smallest absolute Gasteiger partial charge is 0.134 e. The fraction of sp³-hybridized carbons (Fsp3) is 0.692. The van der Waals surface area contributed by atoms with Gasteiger partial charge in [-0.15, -0.1) is 0 Å². The Morgan fingerprint density at radius 1 is 1.26 bits per heavy atom. The zero-order valence-electron chi connectivity index (χ0n) is 11.0. The highest BCUT2D eigenvalue weighted by molar-refractivity contribution is 6.29. The second-order valence-electron chi connectivity index (χ2n) is 5.12. The van der Waals surface area contributed by atoms with Crippen molar-refractivity contribution in [3.05, 3.63) is 17.5 Å². The van der Waals surface area contributed by atoms with E-state index in [0.717, 1.165) is 45.1 Å². The van der Waals surface area contributed by atoms with Crippen molar-refractivity contribution < 1.29 is 4.74 Å². The van der Waals surface area contributed by atoms with E-state index in [9.17, 15) is 0 Å². The van der Waals surface area contributed by atoms with Gasteiger partial charge in [-0.2, -0.15) is 0 Å². The maximum Gasteiger partial charge on any atom is 0.134 e. The number of aromatic nitrogens is 2. The van der Waals surface area contributed by atoms with Crippen LogP contribution in [0.25, 0.3) is 0 Å². The molecule has 0 unspecified atom stereocenters. The van der Waals surface area contributed by atoms with Gasteiger partial charge in [0.1, 0.15) is 17.3 Å². The highest BCUT2D eigenvalue weighted by atomic mass is 35.5. The van der Waals surface area contributed by atoms with Crippen LogP contribution in [0.15, 0.2) is 12.4 Å². The van der Waals surface area contributed by atoms with Gasteiger partial charge in [-0.1, -0.05) is 11.6 Å². The van der Waals surface area contributed by atoms with E-state index < -0.39 is 0 Å². The van der Waals surface area contributed by atoms with Crippen molar-refractivity contribution in [3.8, 4) is 0 Å². The summed E-state index contributed by atoms with van der Waals surface area (Å²) in [6, 6.07) is 1.83. The van der Waals surface area contributed by atoms with Gasteiger partial charge in [0.15, 0.2) is 0 Å². The van der Waals surface area contributed by atoms with E-state index in [1.165, 1.54) is 19.2 Å². The average Bonchev–Trinajstić information content (AvgIpc) is 2.92. The molecule has 1 atom stereocenters. The summed E-state index contributed by atoms with van der Waals surface area (Å²) in [6.07, 6.45) is 4.39. The third-order valence-corrected chi connectivity index (χ3v) is 4.01. The quantitative estimate of drug-likeness (QED) is 0.785. The number of ether oxygens (including phenoxy) is 1. The van der Waals surface area contributed by atoms with Gasteiger partial charge in [-0.25, -0.2) is 9.97 Å². The molecular formula is C13H19ClN4O. The maximum atomic E-state index is 5.90. The zero-order valence-corrected chi connectivity index (χ0v) is 11.7. The summed E-state index contributed by atoms with van der Waals surface area (Å²) in [7, 11) is 0. The van der Waals surface area contributed by atoms with Gasteiger partial charge in [0.2, 0.25) is 0 Å². The molecule has 0 N–H and O–H groups in total. The van der Waals surface area contributed by atoms with Gasteiger partial charge in [0.25, 0.3) is 0 Å². The third kappa shape index (κ3) is 3.35. The number of rotatable bonds is 3. The van der Waals surface area contributed by atoms with Crippen LogP contribution < -0.4 is 4.90 Å². The Hall–Kier alpha value is -0.910. The highest BCUT2D eigenvalue weighted by Crippen LogP contribution is 2.18. The van der Waals surface area contributed by atoms with Crippen LogP contribution in [-0.2, 0) is 4.74 Å². The fourth-order valence-electron chi connectivity index (χ4n) is 2.73. The van der Waals surface area contributed by atoms with Gasteiger partial charge in [-0.3, -0.25) is 4.90 Å². The molecule has 0 bridgehead atoms. The zero-order chi connectivity index (χ0) is 13.1. The van der Waals surface area contributed by atoms with Crippen molar-refractivity contribution in [1.82, 2.24) is 14.9 Å². The number of piperazine rings is 1. The molecule has 5 nitrogen and oxygen atoms in total. The Morgan fingerprint density at radius 2 is 2.11 bits per heavy atom. The predicted octanol–water partition coefficient (Wildman–Crippen LogP) is 1.43. The summed E-state index contributed by atoms with van der Waals surface area (Å²) >= 11 is 5.90. The van der Waals surface area contributed by atoms with Crippen LogP contribution in [0, 0.1) is 0 Å². The number of hydrogen-bond acceptors (Lipinski definition) is 5. The molecule has 0 aromatic carbocycles. The average molecular weight is 283 g/mol. The summed E-state index contributed by atoms with van der Waals surface area (Å²) in [5.74, 6) is 0.928. The van der Waals surface area contributed by atoms with E-state index in [0.29, 0.717) is 11.3 Å². The van der Waals surface area contributed by atoms with Crippen LogP contribution in [0.4, 0.5) is 5.82 Å². The predicted molar refractivity (Wildman–Crippen MR) is 74.7 cm³/mol. The normalized spacial score (nSPS) is 24.9. The summed E-state index contributed by atoms with van der Waals surface area (Å²) in [6.45, 7) is 6.09. The molecule has 2 aliphatic rings. The lowest BCUT2D eigenvalue weighted by molar-refractivity contribution is 0.0712. The highest BCUT2D eigenvalue weighted by Gasteiger charge is 2.23. The van der Waals surface area contributed by atoms with Gasteiger partial charge >= 0.3 is 0 Å². The molecule has 0 aliphatic carbocycles. The van der Waals surface area contributed by atoms with Crippen LogP contribution >= 0.6 is 11.6 Å². The molecule has 19 heavy (non-hydrogen) atoms. The van der Waals surface area contributed by atoms with E-state index in [1.807, 2.05) is 6.07 Å². The van der Waals surface area contributed by atoms with Crippen molar-refractivity contribution in [2.24, 2.45) is 0 Å². The van der Waals surface area contributed by atoms with Gasteiger partial charge in [0.05, 0.1) is 6.10 Å². The summed E-state index contributed by atoms with van der Waals surface area (Å²) in [5.41, 5.74) is 0. The van der Waals surface area contributed by atoms with Crippen LogP contribution in [0.1, 0.15) is 12.8 Å². The van der Waals surface area contributed by atoms with Crippen molar-refractivity contribution in [2.45, 2.75) is 18.9 Å². The second kappa shape index (κ2) is 6.03. The number of anilines is 1. The molecule has 0 radical (unpaired) electrons. The monoisotopic (exact) mass is 282 g/mol. The standard InChI is InChI=1S/C13H19ClN4O/c14-12-8-13(16-10-15-12)18-5-3-17(4-6-18)9-11-2-1-7-19-11/h8,10-11H,1-7,9H2/t11-/m1/s1. The number of hydrogen-bond donors (Lipinski definition) is 0. The molecule has 6 heteroatoms. The molecule has 1 aromatic rings. The van der Waals surface area contributed by atoms with Crippen molar-refractivity contribution in [3.63, 3.8) is 0 Å². The second-order valence-corrected chi connectivity index (χ2v) is 5.51. The van der Waals surface area contributed by atoms with Gasteiger partial charge in [-0.05, 0) is 12.8 Å². The van der Waals surface area contributed by atoms with E-state index >= 15 is 0 Å². The lowest BCUT2D eigenvalue weighted by atomic mass is 10.2. The first-order valence-electron chi connectivity index (χ1n) is 6.88. The Kier molecular flexibility index (Phi) is 4.15. The Morgan fingerprint density at radius 3 is 2.79 bits per heavy atom. The minimum atomic E-state index is 0.444. The lowest BCUT2D eigenvalue weighted by Gasteiger charge is -2.36. The summed E-state index contributed by atoms with van der Waals surface area (Å²) < 4.78 is 5.69. The minimum Gasteiger partial charge on any atom is -0.377 e. The molecular weight excluding hydrogens is 264 g/mol. The number of nitrogens with zero attached hydrogens (tertiary/aromatic N) is 4. The first kappa shape index (κ1) is 13.1. The first-order chi connectivity index (χ1) is 9.31. The molecule has 3 heterocycles. The van der Waals surface area contributed by atoms with Crippen molar-refractivity contribution in [1.29, 1.82) is 0 Å². The van der Waals surface area contributed by atoms with Crippen molar-refractivity contribution >= 4 is 17.4 Å². The van der Waals surface area contributed by atoms with Crippen LogP contribution in [0.3, 0.4) is 0 Å². The molecule has 0 spiro atoms. The topological polar surface area (TPSA) is 41.5 Å². The summed E-state index contributed by atoms with van der Waals surface area (Å²) in [5, 5.41) is 0.506. The van der Waals surface area contributed by atoms with E-state index in [-0.39, 0.29) is 0 Å². The van der Waals surface area contributed by atoms with Crippen LogP contribution in [0.2, 0.25) is 5.15 Å². The third-order valence-electron chi connectivity index (χ3n) is 3.80. The molecule has 104 valence electrons. The lowest BCUT2D eigenvalue weighted by Crippen LogP contribution is -2.48. The fourth-order valence-corrected chi connectivity index (χ4v) is 2.87. The maximum absolute atomic E-state index is 5.90. The van der Waals surface area contributed by atoms with E-state index in [1.54, 1.807) is 0 Å². The van der Waals surface area contributed by atoms with Crippen molar-refractivity contribution in [2.75, 3.05) is 44.2 Å². The van der Waals surface area contributed by atoms with Gasteiger partial charge < -0.3 is 9.64 Å².